The molecule has 1 atom stereocenters. The molecule has 0 saturated carbocycles. The molecule has 1 fully saturated rings. The Kier molecular flexibility index (Phi) is 5.63. The standard InChI is InChI=1S/C18H23N3O3S/c1-3-13-10-16(21-9-5-4-6-12(21)2)20-18(19-13)25-11-14-7-8-15(24-14)17(22)23/h7-8,10,12H,3-6,9,11H2,1-2H3,(H,22,23)/t12-/m1/s1. The molecular weight excluding hydrogens is 338 g/mol. The first-order valence-electron chi connectivity index (χ1n) is 8.66. The van der Waals surface area contributed by atoms with Crippen molar-refractivity contribution in [2.45, 2.75) is 56.5 Å². The molecule has 25 heavy (non-hydrogen) atoms. The van der Waals surface area contributed by atoms with Crippen LogP contribution in [-0.4, -0.2) is 33.6 Å². The monoisotopic (exact) mass is 361 g/mol. The molecule has 0 spiro atoms. The topological polar surface area (TPSA) is 79.5 Å². The third-order valence-electron chi connectivity index (χ3n) is 4.42. The van der Waals surface area contributed by atoms with Crippen LogP contribution < -0.4 is 4.90 Å². The fourth-order valence-electron chi connectivity index (χ4n) is 3.00. The van der Waals surface area contributed by atoms with Crippen LogP contribution in [0.5, 0.6) is 0 Å². The van der Waals surface area contributed by atoms with E-state index in [1.807, 2.05) is 0 Å². The predicted molar refractivity (Wildman–Crippen MR) is 97.3 cm³/mol. The molecule has 7 heteroatoms. The maximum Gasteiger partial charge on any atom is 0.371 e. The van der Waals surface area contributed by atoms with Crippen molar-refractivity contribution in [3.8, 4) is 0 Å². The van der Waals surface area contributed by atoms with Crippen LogP contribution in [0.3, 0.4) is 0 Å². The van der Waals surface area contributed by atoms with Crippen molar-refractivity contribution < 1.29 is 14.3 Å². The van der Waals surface area contributed by atoms with Gasteiger partial charge in [-0.15, -0.1) is 0 Å². The second kappa shape index (κ2) is 7.91. The van der Waals surface area contributed by atoms with Gasteiger partial charge in [-0.2, -0.15) is 0 Å². The van der Waals surface area contributed by atoms with Gasteiger partial charge in [0.15, 0.2) is 5.16 Å². The lowest BCUT2D eigenvalue weighted by atomic mass is 10.0. The molecule has 1 saturated heterocycles. The number of aromatic carboxylic acids is 1. The predicted octanol–water partition coefficient (Wildman–Crippen LogP) is 4.00. The molecule has 2 aromatic heterocycles. The lowest BCUT2D eigenvalue weighted by Gasteiger charge is -2.34. The van der Waals surface area contributed by atoms with Gasteiger partial charge in [-0.3, -0.25) is 0 Å². The molecule has 1 aliphatic rings. The molecule has 1 N–H and O–H groups in total. The van der Waals surface area contributed by atoms with Gasteiger partial charge in [0.1, 0.15) is 11.6 Å². The fourth-order valence-corrected chi connectivity index (χ4v) is 3.76. The average Bonchev–Trinajstić information content (AvgIpc) is 3.09. The highest BCUT2D eigenvalue weighted by Gasteiger charge is 2.21. The molecule has 134 valence electrons. The van der Waals surface area contributed by atoms with E-state index in [4.69, 9.17) is 14.5 Å². The number of carbonyl (C=O) groups is 1. The van der Waals surface area contributed by atoms with Crippen molar-refractivity contribution in [3.05, 3.63) is 35.4 Å². The summed E-state index contributed by atoms with van der Waals surface area (Å²) in [5.41, 5.74) is 1.02. The van der Waals surface area contributed by atoms with Crippen LogP contribution >= 0.6 is 11.8 Å². The summed E-state index contributed by atoms with van der Waals surface area (Å²) in [7, 11) is 0. The smallest absolute Gasteiger partial charge is 0.371 e. The van der Waals surface area contributed by atoms with Crippen LogP contribution in [0.4, 0.5) is 5.82 Å². The van der Waals surface area contributed by atoms with Gasteiger partial charge in [0.2, 0.25) is 5.76 Å². The van der Waals surface area contributed by atoms with Crippen molar-refractivity contribution in [1.29, 1.82) is 0 Å². The van der Waals surface area contributed by atoms with E-state index < -0.39 is 5.97 Å². The van der Waals surface area contributed by atoms with Crippen molar-refractivity contribution >= 4 is 23.5 Å². The number of hydrogen-bond acceptors (Lipinski definition) is 6. The first-order valence-corrected chi connectivity index (χ1v) is 9.64. The van der Waals surface area contributed by atoms with Gasteiger partial charge in [-0.05, 0) is 44.7 Å². The van der Waals surface area contributed by atoms with Crippen LogP contribution in [0.1, 0.15) is 55.1 Å². The zero-order valence-corrected chi connectivity index (χ0v) is 15.4. The Labute approximate surface area is 151 Å². The van der Waals surface area contributed by atoms with E-state index >= 15 is 0 Å². The number of carboxylic acid groups (broad SMARTS) is 1. The number of nitrogens with zero attached hydrogens (tertiary/aromatic N) is 3. The van der Waals surface area contributed by atoms with Crippen LogP contribution in [0.25, 0.3) is 0 Å². The highest BCUT2D eigenvalue weighted by molar-refractivity contribution is 7.98. The number of rotatable bonds is 6. The number of anilines is 1. The van der Waals surface area contributed by atoms with E-state index in [9.17, 15) is 4.79 Å². The Morgan fingerprint density at radius 2 is 2.24 bits per heavy atom. The van der Waals surface area contributed by atoms with E-state index in [2.05, 4.69) is 29.8 Å². The highest BCUT2D eigenvalue weighted by Crippen LogP contribution is 2.27. The van der Waals surface area contributed by atoms with Crippen molar-refractivity contribution in [2.75, 3.05) is 11.4 Å². The summed E-state index contributed by atoms with van der Waals surface area (Å²) in [4.78, 5) is 22.6. The molecular formula is C18H23N3O3S. The highest BCUT2D eigenvalue weighted by atomic mass is 32.2. The fraction of sp³-hybridized carbons (Fsp3) is 0.500. The molecule has 0 aliphatic carbocycles. The van der Waals surface area contributed by atoms with Crippen LogP contribution in [0.15, 0.2) is 27.8 Å². The van der Waals surface area contributed by atoms with Gasteiger partial charge in [0.05, 0.1) is 5.75 Å². The van der Waals surface area contributed by atoms with Gasteiger partial charge < -0.3 is 14.4 Å². The normalized spacial score (nSPS) is 17.7. The first kappa shape index (κ1) is 17.8. The summed E-state index contributed by atoms with van der Waals surface area (Å²) in [6.07, 6.45) is 4.52. The Morgan fingerprint density at radius 3 is 2.92 bits per heavy atom. The maximum atomic E-state index is 10.9. The molecule has 1 aliphatic heterocycles. The molecule has 0 unspecified atom stereocenters. The lowest BCUT2D eigenvalue weighted by Crippen LogP contribution is -2.38. The van der Waals surface area contributed by atoms with Crippen molar-refractivity contribution in [2.24, 2.45) is 0 Å². The number of aromatic nitrogens is 2. The summed E-state index contributed by atoms with van der Waals surface area (Å²) in [6.45, 7) is 5.37. The average molecular weight is 361 g/mol. The van der Waals surface area contributed by atoms with E-state index in [-0.39, 0.29) is 5.76 Å². The van der Waals surface area contributed by atoms with E-state index in [1.165, 1.54) is 37.1 Å². The zero-order valence-electron chi connectivity index (χ0n) is 14.6. The summed E-state index contributed by atoms with van der Waals surface area (Å²) in [5.74, 6) is 1.02. The third kappa shape index (κ3) is 4.34. The maximum absolute atomic E-state index is 10.9. The molecule has 2 aromatic rings. The zero-order chi connectivity index (χ0) is 17.8. The lowest BCUT2D eigenvalue weighted by molar-refractivity contribution is 0.0661. The SMILES string of the molecule is CCc1cc(N2CCCC[C@H]2C)nc(SCc2ccc(C(=O)O)o2)n1. The van der Waals surface area contributed by atoms with Crippen molar-refractivity contribution in [3.63, 3.8) is 0 Å². The number of thioether (sulfide) groups is 1. The Hall–Kier alpha value is -2.02. The van der Waals surface area contributed by atoms with E-state index in [0.29, 0.717) is 22.7 Å². The van der Waals surface area contributed by atoms with Crippen LogP contribution in [0, 0.1) is 0 Å². The number of hydrogen-bond donors (Lipinski definition) is 1. The van der Waals surface area contributed by atoms with Crippen molar-refractivity contribution in [1.82, 2.24) is 9.97 Å². The Balaban J connectivity index is 1.75. The Morgan fingerprint density at radius 1 is 1.40 bits per heavy atom. The minimum Gasteiger partial charge on any atom is -0.475 e. The quantitative estimate of drug-likeness (QED) is 0.615. The van der Waals surface area contributed by atoms with Gasteiger partial charge in [-0.1, -0.05) is 18.7 Å². The third-order valence-corrected chi connectivity index (χ3v) is 5.29. The Bertz CT molecular complexity index is 747. The number of piperidine rings is 1. The van der Waals surface area contributed by atoms with Gasteiger partial charge in [0.25, 0.3) is 0 Å². The number of carboxylic acids is 1. The molecule has 0 amide bonds. The van der Waals surface area contributed by atoms with Gasteiger partial charge in [-0.25, -0.2) is 14.8 Å². The summed E-state index contributed by atoms with van der Waals surface area (Å²) in [5, 5.41) is 9.64. The molecule has 6 nitrogen and oxygen atoms in total. The minimum absolute atomic E-state index is 0.0401. The largest absolute Gasteiger partial charge is 0.475 e. The number of aryl methyl sites for hydroxylation is 1. The summed E-state index contributed by atoms with van der Waals surface area (Å²) < 4.78 is 5.30. The molecule has 3 heterocycles. The van der Waals surface area contributed by atoms with Crippen LogP contribution in [-0.2, 0) is 12.2 Å². The summed E-state index contributed by atoms with van der Waals surface area (Å²) in [6, 6.07) is 5.74. The van der Waals surface area contributed by atoms with E-state index in [0.717, 1.165) is 24.5 Å². The minimum atomic E-state index is -1.05. The van der Waals surface area contributed by atoms with E-state index in [1.54, 1.807) is 6.07 Å². The molecule has 0 aromatic carbocycles. The van der Waals surface area contributed by atoms with Crippen LogP contribution in [0.2, 0.25) is 0 Å². The summed E-state index contributed by atoms with van der Waals surface area (Å²) >= 11 is 1.47. The first-order chi connectivity index (χ1) is 12.1. The second-order valence-corrected chi connectivity index (χ2v) is 7.19. The molecule has 0 radical (unpaired) electrons. The molecule has 3 rings (SSSR count). The molecule has 0 bridgehead atoms. The van der Waals surface area contributed by atoms with Gasteiger partial charge >= 0.3 is 5.97 Å². The van der Waals surface area contributed by atoms with Gasteiger partial charge in [0, 0.05) is 24.3 Å². The second-order valence-electron chi connectivity index (χ2n) is 6.25. The number of furan rings is 1.